The Bertz CT molecular complexity index is 719. The van der Waals surface area contributed by atoms with Gasteiger partial charge in [0.05, 0.1) is 12.5 Å². The second-order valence-corrected chi connectivity index (χ2v) is 7.77. The summed E-state index contributed by atoms with van der Waals surface area (Å²) < 4.78 is 0. The van der Waals surface area contributed by atoms with Crippen molar-refractivity contribution in [1.82, 2.24) is 14.7 Å². The van der Waals surface area contributed by atoms with Crippen LogP contribution in [0.15, 0.2) is 24.3 Å². The van der Waals surface area contributed by atoms with Crippen LogP contribution in [0.1, 0.15) is 32.3 Å². The van der Waals surface area contributed by atoms with Gasteiger partial charge in [0, 0.05) is 45.7 Å². The van der Waals surface area contributed by atoms with Gasteiger partial charge in [-0.15, -0.1) is 12.4 Å². The molecule has 0 aliphatic carbocycles. The molecule has 2 saturated heterocycles. The van der Waals surface area contributed by atoms with Gasteiger partial charge in [-0.1, -0.05) is 12.1 Å². The van der Waals surface area contributed by atoms with Gasteiger partial charge in [0.25, 0.3) is 0 Å². The highest BCUT2D eigenvalue weighted by atomic mass is 35.5. The van der Waals surface area contributed by atoms with Crippen LogP contribution in [0, 0.1) is 0 Å². The third-order valence-corrected chi connectivity index (χ3v) is 5.55. The molecule has 2 aliphatic rings. The predicted octanol–water partition coefficient (Wildman–Crippen LogP) is 1.76. The van der Waals surface area contributed by atoms with Crippen molar-refractivity contribution in [3.05, 3.63) is 29.8 Å². The lowest BCUT2D eigenvalue weighted by Gasteiger charge is -2.42. The Morgan fingerprint density at radius 2 is 1.66 bits per heavy atom. The predicted molar refractivity (Wildman–Crippen MR) is 115 cm³/mol. The number of nitrogens with one attached hydrogen (secondary N) is 1. The fourth-order valence-corrected chi connectivity index (χ4v) is 4.07. The SMILES string of the molecule is CC(=O)Nc1ccc(CC(=O)N2CCN(C(C)=O)C[C@H]2CN2CCCC2)cc1.Cl. The number of hydrogen-bond acceptors (Lipinski definition) is 4. The zero-order valence-corrected chi connectivity index (χ0v) is 18.0. The molecule has 7 nitrogen and oxygen atoms in total. The molecular weight excluding hydrogens is 392 g/mol. The largest absolute Gasteiger partial charge is 0.339 e. The van der Waals surface area contributed by atoms with Crippen molar-refractivity contribution in [3.8, 4) is 0 Å². The fraction of sp³-hybridized carbons (Fsp3) is 0.571. The molecule has 3 amide bonds. The van der Waals surface area contributed by atoms with E-state index in [1.165, 1.54) is 19.8 Å². The minimum absolute atomic E-state index is 0. The maximum absolute atomic E-state index is 13.0. The van der Waals surface area contributed by atoms with Gasteiger partial charge < -0.3 is 20.0 Å². The lowest BCUT2D eigenvalue weighted by atomic mass is 10.1. The lowest BCUT2D eigenvalue weighted by Crippen LogP contribution is -2.59. The first-order valence-electron chi connectivity index (χ1n) is 10.1. The van der Waals surface area contributed by atoms with E-state index >= 15 is 0 Å². The van der Waals surface area contributed by atoms with Crippen molar-refractivity contribution in [3.63, 3.8) is 0 Å². The van der Waals surface area contributed by atoms with Crippen LogP contribution in [0.25, 0.3) is 0 Å². The molecular formula is C21H31ClN4O3. The molecule has 0 unspecified atom stereocenters. The number of halogens is 1. The Hall–Kier alpha value is -2.12. The van der Waals surface area contributed by atoms with E-state index in [1.54, 1.807) is 6.92 Å². The van der Waals surface area contributed by atoms with Crippen LogP contribution < -0.4 is 5.32 Å². The van der Waals surface area contributed by atoms with Gasteiger partial charge in [-0.05, 0) is 43.6 Å². The van der Waals surface area contributed by atoms with E-state index in [1.807, 2.05) is 34.1 Å². The summed E-state index contributed by atoms with van der Waals surface area (Å²) in [6.07, 6.45) is 2.74. The van der Waals surface area contributed by atoms with E-state index in [-0.39, 0.29) is 36.2 Å². The van der Waals surface area contributed by atoms with Gasteiger partial charge in [-0.3, -0.25) is 14.4 Å². The number of rotatable bonds is 5. The van der Waals surface area contributed by atoms with E-state index in [9.17, 15) is 14.4 Å². The first-order valence-corrected chi connectivity index (χ1v) is 10.1. The Labute approximate surface area is 178 Å². The van der Waals surface area contributed by atoms with Crippen molar-refractivity contribution in [1.29, 1.82) is 0 Å². The fourth-order valence-electron chi connectivity index (χ4n) is 4.07. The van der Waals surface area contributed by atoms with Crippen LogP contribution in [0.3, 0.4) is 0 Å². The zero-order valence-electron chi connectivity index (χ0n) is 17.2. The van der Waals surface area contributed by atoms with Crippen LogP contribution in [-0.2, 0) is 20.8 Å². The summed E-state index contributed by atoms with van der Waals surface area (Å²) in [5.74, 6) is 0.0590. The molecule has 0 aromatic heterocycles. The van der Waals surface area contributed by atoms with E-state index in [0.717, 1.165) is 30.9 Å². The normalized spacial score (nSPS) is 19.6. The van der Waals surface area contributed by atoms with Gasteiger partial charge in [0.1, 0.15) is 0 Å². The summed E-state index contributed by atoms with van der Waals surface area (Å²) in [7, 11) is 0. The minimum Gasteiger partial charge on any atom is -0.339 e. The molecule has 160 valence electrons. The lowest BCUT2D eigenvalue weighted by molar-refractivity contribution is -0.142. The van der Waals surface area contributed by atoms with E-state index < -0.39 is 0 Å². The number of piperazine rings is 1. The maximum Gasteiger partial charge on any atom is 0.227 e. The summed E-state index contributed by atoms with van der Waals surface area (Å²) >= 11 is 0. The van der Waals surface area contributed by atoms with Gasteiger partial charge in [0.2, 0.25) is 17.7 Å². The third-order valence-electron chi connectivity index (χ3n) is 5.55. The zero-order chi connectivity index (χ0) is 20.1. The molecule has 0 saturated carbocycles. The second-order valence-electron chi connectivity index (χ2n) is 7.77. The quantitative estimate of drug-likeness (QED) is 0.784. The number of amides is 3. The topological polar surface area (TPSA) is 73.0 Å². The Morgan fingerprint density at radius 1 is 1.00 bits per heavy atom. The van der Waals surface area contributed by atoms with E-state index in [0.29, 0.717) is 26.1 Å². The van der Waals surface area contributed by atoms with E-state index in [4.69, 9.17) is 0 Å². The summed E-state index contributed by atoms with van der Waals surface area (Å²) in [6, 6.07) is 7.44. The highest BCUT2D eigenvalue weighted by Crippen LogP contribution is 2.18. The highest BCUT2D eigenvalue weighted by Gasteiger charge is 2.33. The smallest absolute Gasteiger partial charge is 0.227 e. The minimum atomic E-state index is -0.114. The van der Waals surface area contributed by atoms with Crippen molar-refractivity contribution >= 4 is 35.8 Å². The monoisotopic (exact) mass is 422 g/mol. The third kappa shape index (κ3) is 6.44. The van der Waals surface area contributed by atoms with Gasteiger partial charge in [0.15, 0.2) is 0 Å². The number of likely N-dealkylation sites (tertiary alicyclic amines) is 1. The van der Waals surface area contributed by atoms with Crippen molar-refractivity contribution in [2.75, 3.05) is 44.6 Å². The van der Waals surface area contributed by atoms with Crippen molar-refractivity contribution < 1.29 is 14.4 Å². The molecule has 1 atom stereocenters. The van der Waals surface area contributed by atoms with E-state index in [2.05, 4.69) is 10.2 Å². The molecule has 0 bridgehead atoms. The number of hydrogen-bond donors (Lipinski definition) is 1. The molecule has 2 heterocycles. The Balaban J connectivity index is 0.00000300. The number of carbonyl (C=O) groups is 3. The molecule has 1 aromatic carbocycles. The average molecular weight is 423 g/mol. The molecule has 29 heavy (non-hydrogen) atoms. The van der Waals surface area contributed by atoms with Crippen LogP contribution in [0.5, 0.6) is 0 Å². The summed E-state index contributed by atoms with van der Waals surface area (Å²) in [5, 5.41) is 2.73. The summed E-state index contributed by atoms with van der Waals surface area (Å²) in [4.78, 5) is 42.2. The van der Waals surface area contributed by atoms with Crippen LogP contribution >= 0.6 is 12.4 Å². The summed E-state index contributed by atoms with van der Waals surface area (Å²) in [5.41, 5.74) is 1.65. The second kappa shape index (κ2) is 10.6. The number of benzene rings is 1. The first-order chi connectivity index (χ1) is 13.4. The van der Waals surface area contributed by atoms with Crippen molar-refractivity contribution in [2.45, 2.75) is 39.2 Å². The Morgan fingerprint density at radius 3 is 2.24 bits per heavy atom. The molecule has 3 rings (SSSR count). The number of anilines is 1. The van der Waals surface area contributed by atoms with Crippen molar-refractivity contribution in [2.24, 2.45) is 0 Å². The first kappa shape index (κ1) is 23.2. The summed E-state index contributed by atoms with van der Waals surface area (Å²) in [6.45, 7) is 7.84. The molecule has 0 spiro atoms. The maximum atomic E-state index is 13.0. The average Bonchev–Trinajstić information content (AvgIpc) is 3.15. The van der Waals surface area contributed by atoms with Gasteiger partial charge in [-0.2, -0.15) is 0 Å². The number of carbonyl (C=O) groups excluding carboxylic acids is 3. The van der Waals surface area contributed by atoms with Gasteiger partial charge in [-0.25, -0.2) is 0 Å². The Kier molecular flexibility index (Phi) is 8.46. The molecule has 8 heteroatoms. The van der Waals surface area contributed by atoms with Crippen LogP contribution in [0.2, 0.25) is 0 Å². The molecule has 2 fully saturated rings. The number of nitrogens with zero attached hydrogens (tertiary/aromatic N) is 3. The molecule has 1 N–H and O–H groups in total. The van der Waals surface area contributed by atoms with Crippen LogP contribution in [0.4, 0.5) is 5.69 Å². The van der Waals surface area contributed by atoms with Gasteiger partial charge >= 0.3 is 0 Å². The molecule has 0 radical (unpaired) electrons. The molecule has 1 aromatic rings. The molecule has 2 aliphatic heterocycles. The standard InChI is InChI=1S/C21H30N4O3.ClH/c1-16(26)22-19-7-5-18(6-8-19)13-21(28)25-12-11-24(17(2)27)15-20(25)14-23-9-3-4-10-23;/h5-8,20H,3-4,9-15H2,1-2H3,(H,22,26);1H/t20-;/m1./s1. The highest BCUT2D eigenvalue weighted by molar-refractivity contribution is 5.88. The van der Waals surface area contributed by atoms with Crippen LogP contribution in [-0.4, -0.2) is 77.7 Å².